The van der Waals surface area contributed by atoms with Gasteiger partial charge in [0, 0.05) is 16.3 Å². The minimum Gasteiger partial charge on any atom is -0.322 e. The molecule has 0 aromatic heterocycles. The number of carbonyl (C=O) groups excluding carboxylic acids is 1. The van der Waals surface area contributed by atoms with Gasteiger partial charge >= 0.3 is 0 Å². The van der Waals surface area contributed by atoms with Gasteiger partial charge in [0.25, 0.3) is 15.9 Å². The van der Waals surface area contributed by atoms with Gasteiger partial charge in [0.2, 0.25) is 0 Å². The maximum atomic E-state index is 13.8. The van der Waals surface area contributed by atoms with Crippen LogP contribution in [0.1, 0.15) is 15.9 Å². The highest BCUT2D eigenvalue weighted by Crippen LogP contribution is 2.22. The normalized spacial score (nSPS) is 11.1. The van der Waals surface area contributed by atoms with Crippen molar-refractivity contribution in [2.24, 2.45) is 0 Å². The van der Waals surface area contributed by atoms with Gasteiger partial charge in [-0.05, 0) is 61.0 Å². The van der Waals surface area contributed by atoms with Crippen LogP contribution >= 0.6 is 11.6 Å². The molecule has 0 spiro atoms. The zero-order chi connectivity index (χ0) is 20.3. The summed E-state index contributed by atoms with van der Waals surface area (Å²) in [6.45, 7) is 1.69. The molecule has 1 amide bonds. The molecule has 0 atom stereocenters. The molecule has 0 saturated heterocycles. The molecule has 0 aliphatic rings. The van der Waals surface area contributed by atoms with E-state index in [4.69, 9.17) is 11.6 Å². The van der Waals surface area contributed by atoms with Crippen LogP contribution in [-0.2, 0) is 10.0 Å². The average molecular weight is 419 g/mol. The summed E-state index contributed by atoms with van der Waals surface area (Å²) in [5.41, 5.74) is 1.13. The topological polar surface area (TPSA) is 75.3 Å². The van der Waals surface area contributed by atoms with Crippen LogP contribution in [0.3, 0.4) is 0 Å². The van der Waals surface area contributed by atoms with E-state index < -0.39 is 21.7 Å². The van der Waals surface area contributed by atoms with E-state index in [1.54, 1.807) is 31.2 Å². The van der Waals surface area contributed by atoms with E-state index in [0.29, 0.717) is 16.3 Å². The Morgan fingerprint density at radius 3 is 2.36 bits per heavy atom. The lowest BCUT2D eigenvalue weighted by Crippen LogP contribution is -2.17. The van der Waals surface area contributed by atoms with Crippen molar-refractivity contribution in [3.05, 3.63) is 88.7 Å². The van der Waals surface area contributed by atoms with Gasteiger partial charge in [-0.15, -0.1) is 0 Å². The van der Waals surface area contributed by atoms with E-state index in [0.717, 1.165) is 6.07 Å². The number of para-hydroxylation sites is 1. The van der Waals surface area contributed by atoms with Crippen LogP contribution in [0.15, 0.2) is 71.6 Å². The number of hydrogen-bond acceptors (Lipinski definition) is 3. The molecular weight excluding hydrogens is 403 g/mol. The minimum atomic E-state index is -4.07. The van der Waals surface area contributed by atoms with Crippen molar-refractivity contribution in [1.82, 2.24) is 0 Å². The number of amides is 1. The summed E-state index contributed by atoms with van der Waals surface area (Å²) in [6.07, 6.45) is 0. The molecule has 0 saturated carbocycles. The number of hydrogen-bond donors (Lipinski definition) is 2. The van der Waals surface area contributed by atoms with Crippen molar-refractivity contribution in [2.45, 2.75) is 11.8 Å². The lowest BCUT2D eigenvalue weighted by molar-refractivity contribution is 0.102. The highest BCUT2D eigenvalue weighted by Gasteiger charge is 2.19. The summed E-state index contributed by atoms with van der Waals surface area (Å²) in [4.78, 5) is 12.4. The van der Waals surface area contributed by atoms with Crippen LogP contribution in [-0.4, -0.2) is 14.3 Å². The lowest BCUT2D eigenvalue weighted by Gasteiger charge is -2.12. The molecule has 0 radical (unpaired) electrons. The van der Waals surface area contributed by atoms with Crippen LogP contribution < -0.4 is 10.0 Å². The maximum absolute atomic E-state index is 13.8. The van der Waals surface area contributed by atoms with Gasteiger partial charge in [0.15, 0.2) is 0 Å². The number of benzene rings is 3. The first-order chi connectivity index (χ1) is 13.3. The van der Waals surface area contributed by atoms with Crippen LogP contribution in [0.25, 0.3) is 0 Å². The third-order valence-corrected chi connectivity index (χ3v) is 5.60. The second-order valence-corrected chi connectivity index (χ2v) is 8.14. The zero-order valence-electron chi connectivity index (χ0n) is 14.7. The molecule has 0 fully saturated rings. The second-order valence-electron chi connectivity index (χ2n) is 6.02. The summed E-state index contributed by atoms with van der Waals surface area (Å²) >= 11 is 5.83. The van der Waals surface area contributed by atoms with Gasteiger partial charge < -0.3 is 5.32 Å². The van der Waals surface area contributed by atoms with Gasteiger partial charge in [-0.3, -0.25) is 9.52 Å². The largest absolute Gasteiger partial charge is 0.322 e. The summed E-state index contributed by atoms with van der Waals surface area (Å²) in [5, 5.41) is 3.22. The van der Waals surface area contributed by atoms with Crippen molar-refractivity contribution < 1.29 is 17.6 Å². The number of rotatable bonds is 5. The molecule has 8 heteroatoms. The van der Waals surface area contributed by atoms with Gasteiger partial charge in [-0.1, -0.05) is 29.8 Å². The van der Waals surface area contributed by atoms with Gasteiger partial charge in [-0.25, -0.2) is 12.8 Å². The van der Waals surface area contributed by atoms with Crippen molar-refractivity contribution in [3.63, 3.8) is 0 Å². The van der Waals surface area contributed by atoms with E-state index in [2.05, 4.69) is 10.0 Å². The number of anilines is 2. The Hall–Kier alpha value is -2.90. The Morgan fingerprint density at radius 1 is 1.00 bits per heavy atom. The third-order valence-electron chi connectivity index (χ3n) is 3.98. The Labute approximate surface area is 167 Å². The van der Waals surface area contributed by atoms with E-state index in [1.807, 2.05) is 0 Å². The molecule has 3 aromatic carbocycles. The van der Waals surface area contributed by atoms with E-state index in [9.17, 15) is 17.6 Å². The van der Waals surface area contributed by atoms with Crippen molar-refractivity contribution in [3.8, 4) is 0 Å². The number of aryl methyl sites for hydroxylation is 1. The lowest BCUT2D eigenvalue weighted by atomic mass is 10.1. The van der Waals surface area contributed by atoms with E-state index in [1.165, 1.54) is 36.4 Å². The average Bonchev–Trinajstić information content (AvgIpc) is 2.65. The smallest absolute Gasteiger partial charge is 0.262 e. The molecule has 0 heterocycles. The Morgan fingerprint density at radius 2 is 1.68 bits per heavy atom. The number of sulfonamides is 1. The van der Waals surface area contributed by atoms with Crippen LogP contribution in [0, 0.1) is 12.7 Å². The third kappa shape index (κ3) is 4.49. The maximum Gasteiger partial charge on any atom is 0.262 e. The molecule has 0 aliphatic carbocycles. The first-order valence-corrected chi connectivity index (χ1v) is 10.1. The molecule has 144 valence electrons. The Bertz CT molecular complexity index is 1130. The zero-order valence-corrected chi connectivity index (χ0v) is 16.3. The molecule has 0 aliphatic heterocycles. The Kier molecular flexibility index (Phi) is 5.67. The summed E-state index contributed by atoms with van der Waals surface area (Å²) in [6, 6.07) is 16.1. The Balaban J connectivity index is 1.89. The quantitative estimate of drug-likeness (QED) is 0.622. The van der Waals surface area contributed by atoms with Gasteiger partial charge in [0.05, 0.1) is 10.6 Å². The predicted octanol–water partition coefficient (Wildman–Crippen LogP) is 4.84. The van der Waals surface area contributed by atoms with Crippen molar-refractivity contribution in [2.75, 3.05) is 10.0 Å². The molecule has 5 nitrogen and oxygen atoms in total. The molecule has 3 rings (SSSR count). The fraction of sp³-hybridized carbons (Fsp3) is 0.0500. The number of halogens is 2. The summed E-state index contributed by atoms with van der Waals surface area (Å²) < 4.78 is 41.2. The molecular formula is C20H16ClFN2O3S. The number of carbonyl (C=O) groups is 1. The monoisotopic (exact) mass is 418 g/mol. The SMILES string of the molecule is Cc1ccc(S(=O)(=O)Nc2ccccc2F)cc1C(=O)Nc1ccc(Cl)cc1. The van der Waals surface area contributed by atoms with Crippen LogP contribution in [0.2, 0.25) is 5.02 Å². The standard InChI is InChI=1S/C20H16ClFN2O3S/c1-13-6-11-16(28(26,27)24-19-5-3-2-4-18(19)22)12-17(13)20(25)23-15-9-7-14(21)8-10-15/h2-12,24H,1H3,(H,23,25). The highest BCUT2D eigenvalue weighted by atomic mass is 35.5. The predicted molar refractivity (Wildman–Crippen MR) is 108 cm³/mol. The fourth-order valence-electron chi connectivity index (χ4n) is 2.49. The highest BCUT2D eigenvalue weighted by molar-refractivity contribution is 7.92. The minimum absolute atomic E-state index is 0.150. The summed E-state index contributed by atoms with van der Waals surface area (Å²) in [5.74, 6) is -1.17. The molecule has 3 aromatic rings. The van der Waals surface area contributed by atoms with E-state index >= 15 is 0 Å². The first kappa shape index (κ1) is 19.9. The fourth-order valence-corrected chi connectivity index (χ4v) is 3.71. The van der Waals surface area contributed by atoms with Gasteiger partial charge in [-0.2, -0.15) is 0 Å². The van der Waals surface area contributed by atoms with Crippen LogP contribution in [0.5, 0.6) is 0 Å². The van der Waals surface area contributed by atoms with Crippen molar-refractivity contribution in [1.29, 1.82) is 0 Å². The molecule has 28 heavy (non-hydrogen) atoms. The summed E-state index contributed by atoms with van der Waals surface area (Å²) in [7, 11) is -4.07. The van der Waals surface area contributed by atoms with E-state index in [-0.39, 0.29) is 16.1 Å². The van der Waals surface area contributed by atoms with Crippen molar-refractivity contribution >= 4 is 38.9 Å². The van der Waals surface area contributed by atoms with Crippen LogP contribution in [0.4, 0.5) is 15.8 Å². The van der Waals surface area contributed by atoms with Gasteiger partial charge in [0.1, 0.15) is 5.82 Å². The molecule has 0 unspecified atom stereocenters. The second kappa shape index (κ2) is 8.00. The number of nitrogens with one attached hydrogen (secondary N) is 2. The first-order valence-electron chi connectivity index (χ1n) is 8.21. The molecule has 2 N–H and O–H groups in total. The molecule has 0 bridgehead atoms.